The number of methoxy groups -OCH3 is 2. The third-order valence-electron chi connectivity index (χ3n) is 6.87. The Morgan fingerprint density at radius 1 is 1.03 bits per heavy atom. The molecule has 9 nitrogen and oxygen atoms in total. The number of hydrogen-bond acceptors (Lipinski definition) is 6. The van der Waals surface area contributed by atoms with Gasteiger partial charge in [0.1, 0.15) is 28.6 Å². The van der Waals surface area contributed by atoms with Crippen LogP contribution in [0.4, 0.5) is 0 Å². The van der Waals surface area contributed by atoms with Crippen LogP contribution in [-0.2, 0) is 26.0 Å². The van der Waals surface area contributed by atoms with Crippen molar-refractivity contribution in [2.24, 2.45) is 0 Å². The summed E-state index contributed by atoms with van der Waals surface area (Å²) in [5.41, 5.74) is 1.63. The van der Waals surface area contributed by atoms with Crippen LogP contribution in [-0.4, -0.2) is 79.9 Å². The predicted molar refractivity (Wildman–Crippen MR) is 134 cm³/mol. The highest BCUT2D eigenvalue weighted by Gasteiger charge is 2.51. The third kappa shape index (κ3) is 4.67. The Bertz CT molecular complexity index is 1240. The quantitative estimate of drug-likeness (QED) is 0.562. The molecule has 2 saturated heterocycles. The fraction of sp³-hybridized carbons (Fsp3) is 0.462. The number of aryl methyl sites for hydroxylation is 1. The summed E-state index contributed by atoms with van der Waals surface area (Å²) in [7, 11) is -1.02. The molecule has 0 aliphatic carbocycles. The summed E-state index contributed by atoms with van der Waals surface area (Å²) in [6.07, 6.45) is -0.543. The molecular formula is C26H33N3O6S. The van der Waals surface area contributed by atoms with Crippen LogP contribution in [0.2, 0.25) is 0 Å². The van der Waals surface area contributed by atoms with E-state index in [9.17, 15) is 18.0 Å². The summed E-state index contributed by atoms with van der Waals surface area (Å²) in [5.74, 6) is 0.524. The minimum Gasteiger partial charge on any atom is -0.497 e. The lowest BCUT2D eigenvalue weighted by Gasteiger charge is -2.52. The van der Waals surface area contributed by atoms with Crippen LogP contribution in [0.3, 0.4) is 0 Å². The molecular weight excluding hydrogens is 482 g/mol. The zero-order valence-electron chi connectivity index (χ0n) is 21.3. The van der Waals surface area contributed by atoms with Crippen molar-refractivity contribution in [1.82, 2.24) is 14.1 Å². The maximum absolute atomic E-state index is 14.0. The number of nitrogens with zero attached hydrogens (tertiary/aromatic N) is 3. The molecule has 4 rings (SSSR count). The number of rotatable bonds is 7. The van der Waals surface area contributed by atoms with Gasteiger partial charge in [-0.15, -0.1) is 0 Å². The summed E-state index contributed by atoms with van der Waals surface area (Å²) in [6.45, 7) is 5.74. The molecule has 0 N–H and O–H groups in total. The first-order chi connectivity index (χ1) is 17.1. The predicted octanol–water partition coefficient (Wildman–Crippen LogP) is 2.42. The van der Waals surface area contributed by atoms with E-state index < -0.39 is 22.2 Å². The first kappa shape index (κ1) is 26.0. The topological polar surface area (TPSA) is 96.5 Å². The Balaban J connectivity index is 1.76. The Kier molecular flexibility index (Phi) is 7.28. The summed E-state index contributed by atoms with van der Waals surface area (Å²) in [5, 5.41) is 0. The number of carbonyl (C=O) groups excluding carboxylic acids is 2. The van der Waals surface area contributed by atoms with Crippen molar-refractivity contribution in [3.63, 3.8) is 0 Å². The largest absolute Gasteiger partial charge is 0.497 e. The van der Waals surface area contributed by atoms with Crippen LogP contribution in [0.5, 0.6) is 11.5 Å². The normalized spacial score (nSPS) is 21.1. The van der Waals surface area contributed by atoms with Crippen molar-refractivity contribution in [2.45, 2.75) is 56.8 Å². The van der Waals surface area contributed by atoms with Crippen LogP contribution >= 0.6 is 0 Å². The lowest BCUT2D eigenvalue weighted by molar-refractivity contribution is -0.166. The first-order valence-corrected chi connectivity index (χ1v) is 13.4. The molecule has 0 saturated carbocycles. The fourth-order valence-corrected chi connectivity index (χ4v) is 6.77. The zero-order chi connectivity index (χ0) is 26.2. The monoisotopic (exact) mass is 515 g/mol. The zero-order valence-corrected chi connectivity index (χ0v) is 22.1. The van der Waals surface area contributed by atoms with E-state index in [1.807, 2.05) is 32.9 Å². The maximum atomic E-state index is 14.0. The fourth-order valence-electron chi connectivity index (χ4n) is 4.95. The average Bonchev–Trinajstić information content (AvgIpc) is 2.85. The van der Waals surface area contributed by atoms with Gasteiger partial charge in [-0.2, -0.15) is 4.31 Å². The van der Waals surface area contributed by atoms with Gasteiger partial charge in [-0.3, -0.25) is 9.59 Å². The van der Waals surface area contributed by atoms with Gasteiger partial charge in [0.25, 0.3) is 0 Å². The van der Waals surface area contributed by atoms with Gasteiger partial charge in [-0.1, -0.05) is 18.2 Å². The van der Waals surface area contributed by atoms with E-state index in [0.29, 0.717) is 5.75 Å². The second kappa shape index (κ2) is 10.1. The van der Waals surface area contributed by atoms with E-state index in [1.165, 1.54) is 16.3 Å². The summed E-state index contributed by atoms with van der Waals surface area (Å²) < 4.78 is 39.9. The van der Waals surface area contributed by atoms with Crippen LogP contribution in [0.1, 0.15) is 31.4 Å². The van der Waals surface area contributed by atoms with Gasteiger partial charge in [0.15, 0.2) is 0 Å². The number of hydrogen-bond donors (Lipinski definition) is 0. The van der Waals surface area contributed by atoms with Crippen LogP contribution in [0, 0.1) is 6.92 Å². The molecule has 0 radical (unpaired) electrons. The average molecular weight is 516 g/mol. The molecule has 2 heterocycles. The molecule has 0 aromatic heterocycles. The number of piperazine rings is 1. The van der Waals surface area contributed by atoms with E-state index in [0.717, 1.165) is 11.1 Å². The lowest BCUT2D eigenvalue weighted by Crippen LogP contribution is -2.72. The highest BCUT2D eigenvalue weighted by atomic mass is 32.2. The van der Waals surface area contributed by atoms with Gasteiger partial charge in [0.05, 0.1) is 20.8 Å². The molecule has 2 aliphatic heterocycles. The van der Waals surface area contributed by atoms with Crippen LogP contribution < -0.4 is 9.47 Å². The molecule has 2 aliphatic rings. The molecule has 2 unspecified atom stereocenters. The van der Waals surface area contributed by atoms with E-state index >= 15 is 0 Å². The van der Waals surface area contributed by atoms with Crippen molar-refractivity contribution < 1.29 is 27.5 Å². The Morgan fingerprint density at radius 2 is 1.72 bits per heavy atom. The molecule has 2 atom stereocenters. The maximum Gasteiger partial charge on any atom is 0.248 e. The van der Waals surface area contributed by atoms with Crippen molar-refractivity contribution in [2.75, 3.05) is 27.3 Å². The molecule has 0 bridgehead atoms. The smallest absolute Gasteiger partial charge is 0.248 e. The molecule has 2 amide bonds. The highest BCUT2D eigenvalue weighted by Crippen LogP contribution is 2.35. The first-order valence-electron chi connectivity index (χ1n) is 12.0. The van der Waals surface area contributed by atoms with Crippen molar-refractivity contribution in [3.8, 4) is 11.5 Å². The SMILES string of the molecule is COc1ccc(CC2C(=O)N(C(C)C)CC3N2C(=O)CCN3S(=O)(=O)c2cc(C)ccc2OC)cc1. The van der Waals surface area contributed by atoms with E-state index in [1.54, 1.807) is 42.3 Å². The number of amides is 2. The van der Waals surface area contributed by atoms with Gasteiger partial charge >= 0.3 is 0 Å². The van der Waals surface area contributed by atoms with Crippen molar-refractivity contribution in [3.05, 3.63) is 53.6 Å². The molecule has 36 heavy (non-hydrogen) atoms. The summed E-state index contributed by atoms with van der Waals surface area (Å²) in [6, 6.07) is 11.3. The summed E-state index contributed by atoms with van der Waals surface area (Å²) >= 11 is 0. The minimum atomic E-state index is -4.03. The molecule has 2 fully saturated rings. The Morgan fingerprint density at radius 3 is 2.33 bits per heavy atom. The molecule has 2 aromatic carbocycles. The number of ether oxygens (including phenoxy) is 2. The molecule has 194 valence electrons. The van der Waals surface area contributed by atoms with E-state index in [4.69, 9.17) is 9.47 Å². The van der Waals surface area contributed by atoms with Gasteiger partial charge in [0.2, 0.25) is 21.8 Å². The Labute approximate surface area is 212 Å². The van der Waals surface area contributed by atoms with Gasteiger partial charge in [0, 0.05) is 25.4 Å². The summed E-state index contributed by atoms with van der Waals surface area (Å²) in [4.78, 5) is 30.0. The molecule has 2 aromatic rings. The van der Waals surface area contributed by atoms with Gasteiger partial charge in [-0.25, -0.2) is 8.42 Å². The number of carbonyl (C=O) groups is 2. The van der Waals surface area contributed by atoms with Crippen LogP contribution in [0.25, 0.3) is 0 Å². The minimum absolute atomic E-state index is 0.00205. The number of sulfonamides is 1. The molecule has 0 spiro atoms. The van der Waals surface area contributed by atoms with Crippen molar-refractivity contribution in [1.29, 1.82) is 0 Å². The Hall–Kier alpha value is -3.11. The van der Waals surface area contributed by atoms with Gasteiger partial charge < -0.3 is 19.3 Å². The lowest BCUT2D eigenvalue weighted by atomic mass is 9.97. The highest BCUT2D eigenvalue weighted by molar-refractivity contribution is 7.89. The van der Waals surface area contributed by atoms with E-state index in [2.05, 4.69) is 0 Å². The van der Waals surface area contributed by atoms with E-state index in [-0.39, 0.29) is 54.4 Å². The second-order valence-corrected chi connectivity index (χ2v) is 11.3. The standard InChI is InChI=1S/C26H33N3O6S/c1-17(2)27-16-24-28(36(32,33)23-14-18(3)6-11-22(23)35-5)13-12-25(30)29(24)21(26(27)31)15-19-7-9-20(34-4)10-8-19/h6-11,14,17,21,24H,12-13,15-16H2,1-5H3. The third-order valence-corrected chi connectivity index (χ3v) is 8.79. The van der Waals surface area contributed by atoms with Gasteiger partial charge in [-0.05, 0) is 56.2 Å². The van der Waals surface area contributed by atoms with Crippen LogP contribution in [0.15, 0.2) is 47.4 Å². The second-order valence-electron chi connectivity index (χ2n) is 9.45. The molecule has 10 heteroatoms. The number of fused-ring (bicyclic) bond motifs is 1. The number of benzene rings is 2. The van der Waals surface area contributed by atoms with Crippen molar-refractivity contribution >= 4 is 21.8 Å².